The molecule has 1 aliphatic heterocycles. The quantitative estimate of drug-likeness (QED) is 0.770. The zero-order chi connectivity index (χ0) is 18.4. The molecule has 0 bridgehead atoms. The monoisotopic (exact) mass is 354 g/mol. The van der Waals surface area contributed by atoms with Crippen molar-refractivity contribution >= 4 is 17.7 Å². The standard InChI is InChI=1S/C21H23FN2O2/c1-2-26-18-10-7-17(8-11-18)9-12-21(25)24-15-13-23(14-16-24)20-6-4-3-5-19(20)22/h3-12H,2,13-16H2,1H3/b12-9+. The summed E-state index contributed by atoms with van der Waals surface area (Å²) in [6.07, 6.45) is 3.40. The van der Waals surface area contributed by atoms with Crippen molar-refractivity contribution < 1.29 is 13.9 Å². The Morgan fingerprint density at radius 3 is 2.42 bits per heavy atom. The first-order valence-electron chi connectivity index (χ1n) is 8.86. The molecular formula is C21H23FN2O2. The Hall–Kier alpha value is -2.82. The van der Waals surface area contributed by atoms with E-state index < -0.39 is 0 Å². The van der Waals surface area contributed by atoms with Crippen LogP contribution < -0.4 is 9.64 Å². The molecule has 4 nitrogen and oxygen atoms in total. The zero-order valence-electron chi connectivity index (χ0n) is 14.9. The highest BCUT2D eigenvalue weighted by Crippen LogP contribution is 2.20. The van der Waals surface area contributed by atoms with Crippen LogP contribution in [0.3, 0.4) is 0 Å². The summed E-state index contributed by atoms with van der Waals surface area (Å²) in [5.41, 5.74) is 1.55. The van der Waals surface area contributed by atoms with Crippen LogP contribution in [0.2, 0.25) is 0 Å². The van der Waals surface area contributed by atoms with Crippen molar-refractivity contribution in [2.45, 2.75) is 6.92 Å². The molecular weight excluding hydrogens is 331 g/mol. The second kappa shape index (κ2) is 8.52. The third-order valence-corrected chi connectivity index (χ3v) is 4.39. The Morgan fingerprint density at radius 2 is 1.77 bits per heavy atom. The third kappa shape index (κ3) is 4.42. The molecule has 0 aliphatic carbocycles. The average molecular weight is 354 g/mol. The lowest BCUT2D eigenvalue weighted by molar-refractivity contribution is -0.126. The van der Waals surface area contributed by atoms with Gasteiger partial charge in [-0.05, 0) is 42.8 Å². The normalized spacial score (nSPS) is 14.7. The molecule has 0 radical (unpaired) electrons. The minimum absolute atomic E-state index is 0.0212. The maximum atomic E-state index is 13.9. The number of rotatable bonds is 5. The number of hydrogen-bond acceptors (Lipinski definition) is 3. The fourth-order valence-corrected chi connectivity index (χ4v) is 2.99. The summed E-state index contributed by atoms with van der Waals surface area (Å²) < 4.78 is 19.3. The van der Waals surface area contributed by atoms with E-state index in [0.29, 0.717) is 38.5 Å². The molecule has 0 N–H and O–H groups in total. The number of halogens is 1. The van der Waals surface area contributed by atoms with E-state index in [0.717, 1.165) is 11.3 Å². The molecule has 2 aromatic carbocycles. The molecule has 1 aliphatic rings. The Kier molecular flexibility index (Phi) is 5.89. The second-order valence-corrected chi connectivity index (χ2v) is 6.10. The van der Waals surface area contributed by atoms with E-state index in [1.807, 2.05) is 42.2 Å². The number of para-hydroxylation sites is 1. The summed E-state index contributed by atoms with van der Waals surface area (Å²) in [5, 5.41) is 0. The summed E-state index contributed by atoms with van der Waals surface area (Å²) in [5.74, 6) is 0.579. The maximum absolute atomic E-state index is 13.9. The van der Waals surface area contributed by atoms with Gasteiger partial charge in [0.05, 0.1) is 12.3 Å². The van der Waals surface area contributed by atoms with E-state index in [4.69, 9.17) is 4.74 Å². The van der Waals surface area contributed by atoms with Crippen LogP contribution in [-0.4, -0.2) is 43.6 Å². The Labute approximate surface area is 153 Å². The van der Waals surface area contributed by atoms with Gasteiger partial charge in [0.1, 0.15) is 11.6 Å². The lowest BCUT2D eigenvalue weighted by atomic mass is 10.2. The van der Waals surface area contributed by atoms with Gasteiger partial charge in [0, 0.05) is 32.3 Å². The fraction of sp³-hybridized carbons (Fsp3) is 0.286. The van der Waals surface area contributed by atoms with Crippen molar-refractivity contribution in [2.75, 3.05) is 37.7 Å². The van der Waals surface area contributed by atoms with E-state index >= 15 is 0 Å². The second-order valence-electron chi connectivity index (χ2n) is 6.10. The van der Waals surface area contributed by atoms with Crippen LogP contribution in [0, 0.1) is 5.82 Å². The number of anilines is 1. The van der Waals surface area contributed by atoms with Gasteiger partial charge in [-0.1, -0.05) is 24.3 Å². The Morgan fingerprint density at radius 1 is 1.08 bits per heavy atom. The van der Waals surface area contributed by atoms with Gasteiger partial charge in [-0.3, -0.25) is 4.79 Å². The minimum atomic E-state index is -0.220. The maximum Gasteiger partial charge on any atom is 0.246 e. The SMILES string of the molecule is CCOc1ccc(/C=C/C(=O)N2CCN(c3ccccc3F)CC2)cc1. The van der Waals surface area contributed by atoms with Gasteiger partial charge in [-0.15, -0.1) is 0 Å². The predicted molar refractivity (Wildman–Crippen MR) is 102 cm³/mol. The highest BCUT2D eigenvalue weighted by atomic mass is 19.1. The summed E-state index contributed by atoms with van der Waals surface area (Å²) in [4.78, 5) is 16.1. The Balaban J connectivity index is 1.54. The molecule has 5 heteroatoms. The van der Waals surface area contributed by atoms with Gasteiger partial charge in [0.15, 0.2) is 0 Å². The molecule has 3 rings (SSSR count). The molecule has 1 saturated heterocycles. The number of amides is 1. The van der Waals surface area contributed by atoms with Gasteiger partial charge in [0.25, 0.3) is 0 Å². The number of piperazine rings is 1. The van der Waals surface area contributed by atoms with Crippen LogP contribution in [0.15, 0.2) is 54.6 Å². The van der Waals surface area contributed by atoms with Crippen LogP contribution in [-0.2, 0) is 4.79 Å². The third-order valence-electron chi connectivity index (χ3n) is 4.39. The number of carbonyl (C=O) groups is 1. The minimum Gasteiger partial charge on any atom is -0.494 e. The summed E-state index contributed by atoms with van der Waals surface area (Å²) in [7, 11) is 0. The highest BCUT2D eigenvalue weighted by Gasteiger charge is 2.21. The smallest absolute Gasteiger partial charge is 0.246 e. The number of hydrogen-bond donors (Lipinski definition) is 0. The van der Waals surface area contributed by atoms with Crippen molar-refractivity contribution in [3.63, 3.8) is 0 Å². The van der Waals surface area contributed by atoms with Gasteiger partial charge in [0.2, 0.25) is 5.91 Å². The molecule has 1 amide bonds. The van der Waals surface area contributed by atoms with Crippen LogP contribution in [0.5, 0.6) is 5.75 Å². The van der Waals surface area contributed by atoms with E-state index in [-0.39, 0.29) is 11.7 Å². The van der Waals surface area contributed by atoms with Crippen LogP contribution in [0.4, 0.5) is 10.1 Å². The molecule has 26 heavy (non-hydrogen) atoms. The van der Waals surface area contributed by atoms with E-state index in [1.165, 1.54) is 6.07 Å². The number of carbonyl (C=O) groups excluding carboxylic acids is 1. The predicted octanol–water partition coefficient (Wildman–Crippen LogP) is 3.59. The van der Waals surface area contributed by atoms with Gasteiger partial charge in [-0.2, -0.15) is 0 Å². The molecule has 1 heterocycles. The van der Waals surface area contributed by atoms with E-state index in [9.17, 15) is 9.18 Å². The number of benzene rings is 2. The lowest BCUT2D eigenvalue weighted by Crippen LogP contribution is -2.48. The van der Waals surface area contributed by atoms with Crippen molar-refractivity contribution in [2.24, 2.45) is 0 Å². The van der Waals surface area contributed by atoms with Crippen molar-refractivity contribution in [1.29, 1.82) is 0 Å². The molecule has 0 atom stereocenters. The van der Waals surface area contributed by atoms with Gasteiger partial charge >= 0.3 is 0 Å². The zero-order valence-corrected chi connectivity index (χ0v) is 14.9. The summed E-state index contributed by atoms with van der Waals surface area (Å²) in [6.45, 7) is 5.00. The van der Waals surface area contributed by atoms with E-state index in [1.54, 1.807) is 29.2 Å². The first-order valence-corrected chi connectivity index (χ1v) is 8.86. The van der Waals surface area contributed by atoms with Gasteiger partial charge < -0.3 is 14.5 Å². The average Bonchev–Trinajstić information content (AvgIpc) is 2.68. The van der Waals surface area contributed by atoms with Crippen molar-refractivity contribution in [1.82, 2.24) is 4.90 Å². The molecule has 0 spiro atoms. The molecule has 136 valence electrons. The van der Waals surface area contributed by atoms with Gasteiger partial charge in [-0.25, -0.2) is 4.39 Å². The highest BCUT2D eigenvalue weighted by molar-refractivity contribution is 5.92. The summed E-state index contributed by atoms with van der Waals surface area (Å²) in [6, 6.07) is 14.4. The number of ether oxygens (including phenoxy) is 1. The van der Waals surface area contributed by atoms with Crippen LogP contribution in [0.1, 0.15) is 12.5 Å². The number of nitrogens with zero attached hydrogens (tertiary/aromatic N) is 2. The first kappa shape index (κ1) is 18.0. The molecule has 0 saturated carbocycles. The van der Waals surface area contributed by atoms with Crippen LogP contribution in [0.25, 0.3) is 6.08 Å². The molecule has 1 fully saturated rings. The van der Waals surface area contributed by atoms with E-state index in [2.05, 4.69) is 0 Å². The van der Waals surface area contributed by atoms with Crippen molar-refractivity contribution in [3.8, 4) is 5.75 Å². The largest absolute Gasteiger partial charge is 0.494 e. The lowest BCUT2D eigenvalue weighted by Gasteiger charge is -2.35. The van der Waals surface area contributed by atoms with Crippen LogP contribution >= 0.6 is 0 Å². The first-order chi connectivity index (χ1) is 12.7. The van der Waals surface area contributed by atoms with Crippen molar-refractivity contribution in [3.05, 3.63) is 66.0 Å². The topological polar surface area (TPSA) is 32.8 Å². The fourth-order valence-electron chi connectivity index (χ4n) is 2.99. The molecule has 0 aromatic heterocycles. The molecule has 2 aromatic rings. The summed E-state index contributed by atoms with van der Waals surface area (Å²) >= 11 is 0. The Bertz CT molecular complexity index is 766. The molecule has 0 unspecified atom stereocenters.